The normalized spacial score (nSPS) is 10.2. The van der Waals surface area contributed by atoms with Gasteiger partial charge in [-0.2, -0.15) is 4.39 Å². The molecule has 1 amide bonds. The molecule has 0 unspecified atom stereocenters. The van der Waals surface area contributed by atoms with Gasteiger partial charge in [0.05, 0.1) is 11.9 Å². The molecule has 1 N–H and O–H groups in total. The van der Waals surface area contributed by atoms with Crippen molar-refractivity contribution in [1.82, 2.24) is 4.98 Å². The van der Waals surface area contributed by atoms with Gasteiger partial charge in [-0.25, -0.2) is 4.98 Å². The summed E-state index contributed by atoms with van der Waals surface area (Å²) in [6, 6.07) is 8.15. The van der Waals surface area contributed by atoms with Gasteiger partial charge in [0.25, 0.3) is 5.91 Å². The van der Waals surface area contributed by atoms with Crippen molar-refractivity contribution in [2.45, 2.75) is 13.8 Å². The van der Waals surface area contributed by atoms with Crippen LogP contribution in [0.2, 0.25) is 0 Å². The summed E-state index contributed by atoms with van der Waals surface area (Å²) >= 11 is 0. The first-order valence-corrected chi connectivity index (χ1v) is 5.56. The molecular formula is C14H13FN2O. The highest BCUT2D eigenvalue weighted by Crippen LogP contribution is 2.12. The van der Waals surface area contributed by atoms with Crippen molar-refractivity contribution < 1.29 is 9.18 Å². The van der Waals surface area contributed by atoms with Gasteiger partial charge in [0.2, 0.25) is 5.95 Å². The topological polar surface area (TPSA) is 42.0 Å². The van der Waals surface area contributed by atoms with Crippen molar-refractivity contribution in [2.24, 2.45) is 0 Å². The maximum absolute atomic E-state index is 12.6. The van der Waals surface area contributed by atoms with Gasteiger partial charge >= 0.3 is 0 Å². The van der Waals surface area contributed by atoms with Crippen molar-refractivity contribution in [3.8, 4) is 0 Å². The Morgan fingerprint density at radius 3 is 2.56 bits per heavy atom. The fraction of sp³-hybridized carbons (Fsp3) is 0.143. The van der Waals surface area contributed by atoms with Crippen molar-refractivity contribution in [3.05, 3.63) is 59.2 Å². The lowest BCUT2D eigenvalue weighted by molar-refractivity contribution is 0.102. The summed E-state index contributed by atoms with van der Waals surface area (Å²) in [5.74, 6) is -0.800. The zero-order valence-corrected chi connectivity index (χ0v) is 10.2. The van der Waals surface area contributed by atoms with Crippen LogP contribution in [0.1, 0.15) is 21.5 Å². The van der Waals surface area contributed by atoms with Crippen molar-refractivity contribution >= 4 is 11.6 Å². The molecule has 18 heavy (non-hydrogen) atoms. The van der Waals surface area contributed by atoms with Gasteiger partial charge in [0, 0.05) is 5.56 Å². The SMILES string of the molecule is Cc1ccc(C(=O)Nc2ccc(F)nc2)cc1C. The largest absolute Gasteiger partial charge is 0.321 e. The Morgan fingerprint density at radius 1 is 1.17 bits per heavy atom. The van der Waals surface area contributed by atoms with Gasteiger partial charge in [-0.3, -0.25) is 4.79 Å². The van der Waals surface area contributed by atoms with Gasteiger partial charge in [-0.15, -0.1) is 0 Å². The van der Waals surface area contributed by atoms with Crippen LogP contribution in [-0.2, 0) is 0 Å². The maximum atomic E-state index is 12.6. The lowest BCUT2D eigenvalue weighted by Gasteiger charge is -2.06. The standard InChI is InChI=1S/C14H13FN2O/c1-9-3-4-11(7-10(9)2)14(18)17-12-5-6-13(15)16-8-12/h3-8H,1-2H3,(H,17,18). The number of hydrogen-bond donors (Lipinski definition) is 1. The summed E-state index contributed by atoms with van der Waals surface area (Å²) in [5, 5.41) is 2.66. The van der Waals surface area contributed by atoms with E-state index >= 15 is 0 Å². The van der Waals surface area contributed by atoms with Crippen LogP contribution in [0.25, 0.3) is 0 Å². The average molecular weight is 244 g/mol. The lowest BCUT2D eigenvalue weighted by atomic mass is 10.1. The van der Waals surface area contributed by atoms with E-state index in [9.17, 15) is 9.18 Å². The molecule has 0 atom stereocenters. The Hall–Kier alpha value is -2.23. The number of carbonyl (C=O) groups is 1. The molecule has 0 radical (unpaired) electrons. The highest BCUT2D eigenvalue weighted by Gasteiger charge is 2.07. The molecule has 2 aromatic rings. The van der Waals surface area contributed by atoms with Crippen LogP contribution in [0.4, 0.5) is 10.1 Å². The molecule has 0 aliphatic heterocycles. The van der Waals surface area contributed by atoms with Crippen LogP contribution in [-0.4, -0.2) is 10.9 Å². The Morgan fingerprint density at radius 2 is 1.94 bits per heavy atom. The number of aryl methyl sites for hydroxylation is 2. The number of amides is 1. The third-order valence-corrected chi connectivity index (χ3v) is 2.75. The van der Waals surface area contributed by atoms with E-state index in [0.29, 0.717) is 11.3 Å². The Kier molecular flexibility index (Phi) is 3.37. The van der Waals surface area contributed by atoms with Crippen LogP contribution >= 0.6 is 0 Å². The first kappa shape index (κ1) is 12.2. The van der Waals surface area contributed by atoms with Gasteiger partial charge in [-0.05, 0) is 49.2 Å². The second-order valence-electron chi connectivity index (χ2n) is 4.12. The second kappa shape index (κ2) is 4.96. The monoisotopic (exact) mass is 244 g/mol. The Balaban J connectivity index is 2.16. The van der Waals surface area contributed by atoms with E-state index in [1.807, 2.05) is 26.0 Å². The molecule has 0 fully saturated rings. The molecule has 0 aliphatic carbocycles. The highest BCUT2D eigenvalue weighted by molar-refractivity contribution is 6.04. The molecule has 3 nitrogen and oxygen atoms in total. The van der Waals surface area contributed by atoms with Crippen LogP contribution in [0.15, 0.2) is 36.5 Å². The zero-order valence-electron chi connectivity index (χ0n) is 10.2. The molecule has 1 aromatic carbocycles. The number of halogens is 1. The molecule has 1 heterocycles. The Labute approximate surface area is 105 Å². The molecule has 0 saturated carbocycles. The Bertz CT molecular complexity index is 579. The minimum absolute atomic E-state index is 0.230. The second-order valence-corrected chi connectivity index (χ2v) is 4.12. The molecule has 0 spiro atoms. The molecule has 0 saturated heterocycles. The van der Waals surface area contributed by atoms with E-state index in [4.69, 9.17) is 0 Å². The third-order valence-electron chi connectivity index (χ3n) is 2.75. The van der Waals surface area contributed by atoms with Gasteiger partial charge in [0.15, 0.2) is 0 Å². The van der Waals surface area contributed by atoms with Crippen molar-refractivity contribution in [3.63, 3.8) is 0 Å². The fourth-order valence-corrected chi connectivity index (χ4v) is 1.54. The number of pyridine rings is 1. The summed E-state index contributed by atoms with van der Waals surface area (Å²) in [7, 11) is 0. The zero-order chi connectivity index (χ0) is 13.1. The van der Waals surface area contributed by atoms with Crippen LogP contribution in [0.3, 0.4) is 0 Å². The summed E-state index contributed by atoms with van der Waals surface area (Å²) in [6.45, 7) is 3.94. The van der Waals surface area contributed by atoms with E-state index < -0.39 is 5.95 Å². The van der Waals surface area contributed by atoms with E-state index in [0.717, 1.165) is 11.1 Å². The van der Waals surface area contributed by atoms with E-state index in [1.165, 1.54) is 18.3 Å². The number of nitrogens with one attached hydrogen (secondary N) is 1. The lowest BCUT2D eigenvalue weighted by Crippen LogP contribution is -2.12. The number of benzene rings is 1. The first-order chi connectivity index (χ1) is 8.56. The van der Waals surface area contributed by atoms with Crippen molar-refractivity contribution in [1.29, 1.82) is 0 Å². The van der Waals surface area contributed by atoms with Gasteiger partial charge in [-0.1, -0.05) is 6.07 Å². The van der Waals surface area contributed by atoms with E-state index in [2.05, 4.69) is 10.3 Å². The summed E-state index contributed by atoms with van der Waals surface area (Å²) in [4.78, 5) is 15.4. The quantitative estimate of drug-likeness (QED) is 0.825. The number of aromatic nitrogens is 1. The minimum atomic E-state index is -0.570. The number of carbonyl (C=O) groups excluding carboxylic acids is 1. The van der Waals surface area contributed by atoms with Gasteiger partial charge in [0.1, 0.15) is 0 Å². The van der Waals surface area contributed by atoms with E-state index in [-0.39, 0.29) is 5.91 Å². The average Bonchev–Trinajstić information content (AvgIpc) is 2.35. The maximum Gasteiger partial charge on any atom is 0.255 e. The van der Waals surface area contributed by atoms with Crippen LogP contribution < -0.4 is 5.32 Å². The number of rotatable bonds is 2. The molecule has 92 valence electrons. The summed E-state index contributed by atoms with van der Waals surface area (Å²) in [6.07, 6.45) is 1.29. The van der Waals surface area contributed by atoms with Gasteiger partial charge < -0.3 is 5.32 Å². The number of hydrogen-bond acceptors (Lipinski definition) is 2. The number of nitrogens with zero attached hydrogens (tertiary/aromatic N) is 1. The number of anilines is 1. The smallest absolute Gasteiger partial charge is 0.255 e. The molecular weight excluding hydrogens is 231 g/mol. The molecule has 4 heteroatoms. The van der Waals surface area contributed by atoms with Crippen LogP contribution in [0.5, 0.6) is 0 Å². The molecule has 2 rings (SSSR count). The minimum Gasteiger partial charge on any atom is -0.321 e. The predicted molar refractivity (Wildman–Crippen MR) is 68.1 cm³/mol. The molecule has 0 bridgehead atoms. The highest BCUT2D eigenvalue weighted by atomic mass is 19.1. The van der Waals surface area contributed by atoms with Crippen LogP contribution in [0, 0.1) is 19.8 Å². The molecule has 1 aromatic heterocycles. The van der Waals surface area contributed by atoms with Crippen molar-refractivity contribution in [2.75, 3.05) is 5.32 Å². The summed E-state index contributed by atoms with van der Waals surface area (Å²) in [5.41, 5.74) is 3.23. The fourth-order valence-electron chi connectivity index (χ4n) is 1.54. The third kappa shape index (κ3) is 2.71. The predicted octanol–water partition coefficient (Wildman–Crippen LogP) is 3.09. The van der Waals surface area contributed by atoms with E-state index in [1.54, 1.807) is 6.07 Å². The first-order valence-electron chi connectivity index (χ1n) is 5.56. The molecule has 0 aliphatic rings. The summed E-state index contributed by atoms with van der Waals surface area (Å²) < 4.78 is 12.6.